The van der Waals surface area contributed by atoms with Crippen LogP contribution in [-0.2, 0) is 16.1 Å². The Morgan fingerprint density at radius 1 is 1.26 bits per heavy atom. The Morgan fingerprint density at radius 2 is 2.04 bits per heavy atom. The molecule has 0 amide bonds. The fraction of sp³-hybridized carbons (Fsp3) is 0.167. The monoisotopic (exact) mass is 385 g/mol. The Bertz CT molecular complexity index is 1080. The molecule has 9 heteroatoms. The van der Waals surface area contributed by atoms with Gasteiger partial charge >= 0.3 is 5.97 Å². The van der Waals surface area contributed by atoms with Crippen molar-refractivity contribution in [3.05, 3.63) is 80.4 Å². The maximum atomic E-state index is 12.2. The van der Waals surface area contributed by atoms with Crippen LogP contribution in [0.2, 0.25) is 0 Å². The van der Waals surface area contributed by atoms with Crippen LogP contribution in [0.1, 0.15) is 11.4 Å². The van der Waals surface area contributed by atoms with Crippen LogP contribution < -0.4 is 5.56 Å². The van der Waals surface area contributed by atoms with E-state index in [1.54, 1.807) is 43.3 Å². The lowest BCUT2D eigenvalue weighted by molar-refractivity contribution is -0.387. The molecule has 8 nitrogen and oxygen atoms in total. The van der Waals surface area contributed by atoms with Crippen molar-refractivity contribution in [2.45, 2.75) is 18.4 Å². The van der Waals surface area contributed by atoms with E-state index in [0.29, 0.717) is 16.2 Å². The van der Waals surface area contributed by atoms with Gasteiger partial charge in [-0.25, -0.2) is 4.98 Å². The zero-order valence-corrected chi connectivity index (χ0v) is 15.1. The van der Waals surface area contributed by atoms with Crippen molar-refractivity contribution in [1.29, 1.82) is 0 Å². The molecule has 0 saturated carbocycles. The lowest BCUT2D eigenvalue weighted by Gasteiger charge is -2.07. The number of pyridine rings is 1. The van der Waals surface area contributed by atoms with Crippen molar-refractivity contribution in [3.8, 4) is 0 Å². The van der Waals surface area contributed by atoms with Gasteiger partial charge in [0.15, 0.2) is 0 Å². The zero-order chi connectivity index (χ0) is 19.4. The fourth-order valence-corrected chi connectivity index (χ4v) is 3.32. The number of aryl methyl sites for hydroxylation is 1. The molecule has 2 heterocycles. The predicted octanol–water partition coefficient (Wildman–Crippen LogP) is 2.75. The number of rotatable bonds is 6. The first-order valence-corrected chi connectivity index (χ1v) is 8.94. The molecule has 0 aliphatic heterocycles. The summed E-state index contributed by atoms with van der Waals surface area (Å²) in [5.74, 6) is -0.638. The Hall–Kier alpha value is -3.20. The van der Waals surface area contributed by atoms with E-state index in [2.05, 4.69) is 4.98 Å². The van der Waals surface area contributed by atoms with Gasteiger partial charge in [0.2, 0.25) is 0 Å². The maximum absolute atomic E-state index is 12.2. The number of nitro groups is 1. The number of fused-ring (bicyclic) bond motifs is 1. The van der Waals surface area contributed by atoms with Crippen LogP contribution in [0.15, 0.2) is 58.2 Å². The number of aromatic nitrogens is 2. The lowest BCUT2D eigenvalue weighted by atomic mass is 10.3. The van der Waals surface area contributed by atoms with E-state index in [1.807, 2.05) is 0 Å². The highest BCUT2D eigenvalue weighted by molar-refractivity contribution is 8.00. The van der Waals surface area contributed by atoms with Crippen molar-refractivity contribution in [2.24, 2.45) is 0 Å². The second-order valence-electron chi connectivity index (χ2n) is 5.62. The third-order valence-corrected chi connectivity index (χ3v) is 4.76. The van der Waals surface area contributed by atoms with Gasteiger partial charge in [-0.15, -0.1) is 11.8 Å². The van der Waals surface area contributed by atoms with Gasteiger partial charge in [0.05, 0.1) is 21.3 Å². The first kappa shape index (κ1) is 18.6. The summed E-state index contributed by atoms with van der Waals surface area (Å²) >= 11 is 1.02. The number of nitro benzene ring substituents is 1. The summed E-state index contributed by atoms with van der Waals surface area (Å²) in [6, 6.07) is 12.8. The first-order chi connectivity index (χ1) is 13.0. The Kier molecular flexibility index (Phi) is 5.51. The van der Waals surface area contributed by atoms with E-state index in [-0.39, 0.29) is 23.6 Å². The van der Waals surface area contributed by atoms with Crippen LogP contribution in [0.25, 0.3) is 5.65 Å². The quantitative estimate of drug-likeness (QED) is 0.278. The molecular formula is C18H15N3O5S. The van der Waals surface area contributed by atoms with E-state index >= 15 is 0 Å². The molecule has 138 valence electrons. The van der Waals surface area contributed by atoms with Crippen LogP contribution in [-0.4, -0.2) is 26.0 Å². The molecule has 0 spiro atoms. The lowest BCUT2D eigenvalue weighted by Crippen LogP contribution is -2.18. The van der Waals surface area contributed by atoms with Crippen molar-refractivity contribution >= 4 is 29.1 Å². The molecule has 3 rings (SSSR count). The van der Waals surface area contributed by atoms with Gasteiger partial charge in [-0.3, -0.25) is 24.1 Å². The van der Waals surface area contributed by atoms with Crippen LogP contribution in [0.5, 0.6) is 0 Å². The predicted molar refractivity (Wildman–Crippen MR) is 99.8 cm³/mol. The van der Waals surface area contributed by atoms with E-state index in [0.717, 1.165) is 17.5 Å². The topological polar surface area (TPSA) is 104 Å². The van der Waals surface area contributed by atoms with Gasteiger partial charge in [0.25, 0.3) is 11.2 Å². The SMILES string of the molecule is Cc1cccc2nc(COC(=O)CSc3ccccc3[N+](=O)[O-])cc(=O)n12. The highest BCUT2D eigenvalue weighted by Crippen LogP contribution is 2.28. The number of hydrogen-bond acceptors (Lipinski definition) is 7. The van der Waals surface area contributed by atoms with Gasteiger partial charge < -0.3 is 4.74 Å². The molecule has 0 N–H and O–H groups in total. The summed E-state index contributed by atoms with van der Waals surface area (Å²) in [7, 11) is 0. The highest BCUT2D eigenvalue weighted by Gasteiger charge is 2.15. The second-order valence-corrected chi connectivity index (χ2v) is 6.64. The van der Waals surface area contributed by atoms with E-state index in [9.17, 15) is 19.7 Å². The van der Waals surface area contributed by atoms with E-state index in [1.165, 1.54) is 16.5 Å². The summed E-state index contributed by atoms with van der Waals surface area (Å²) in [5.41, 5.74) is 1.26. The molecule has 0 aliphatic rings. The number of benzene rings is 1. The minimum absolute atomic E-state index is 0.0603. The van der Waals surface area contributed by atoms with Crippen molar-refractivity contribution in [2.75, 3.05) is 5.75 Å². The molecule has 2 aromatic heterocycles. The standard InChI is InChI=1S/C18H15N3O5S/c1-12-5-4-8-16-19-13(9-17(22)20(12)16)10-26-18(23)11-27-15-7-3-2-6-14(15)21(24)25/h2-9H,10-11H2,1H3. The fourth-order valence-electron chi connectivity index (χ4n) is 2.50. The average molecular weight is 385 g/mol. The minimum Gasteiger partial charge on any atom is -0.459 e. The number of nitrogens with zero attached hydrogens (tertiary/aromatic N) is 3. The van der Waals surface area contributed by atoms with E-state index < -0.39 is 10.9 Å². The number of thioether (sulfide) groups is 1. The minimum atomic E-state index is -0.551. The maximum Gasteiger partial charge on any atom is 0.316 e. The van der Waals surface area contributed by atoms with Gasteiger partial charge in [-0.05, 0) is 25.1 Å². The van der Waals surface area contributed by atoms with Crippen LogP contribution in [0.3, 0.4) is 0 Å². The molecule has 0 radical (unpaired) electrons. The molecule has 0 atom stereocenters. The molecule has 0 unspecified atom stereocenters. The molecular weight excluding hydrogens is 370 g/mol. The van der Waals surface area contributed by atoms with Crippen molar-refractivity contribution in [1.82, 2.24) is 9.38 Å². The summed E-state index contributed by atoms with van der Waals surface area (Å²) in [6.45, 7) is 1.66. The number of esters is 1. The van der Waals surface area contributed by atoms with Gasteiger partial charge in [0.1, 0.15) is 12.3 Å². The zero-order valence-electron chi connectivity index (χ0n) is 14.3. The van der Waals surface area contributed by atoms with Gasteiger partial charge in [-0.1, -0.05) is 18.2 Å². The smallest absolute Gasteiger partial charge is 0.316 e. The first-order valence-electron chi connectivity index (χ1n) is 7.96. The summed E-state index contributed by atoms with van der Waals surface area (Å²) < 4.78 is 6.61. The Balaban J connectivity index is 1.64. The molecule has 0 fully saturated rings. The van der Waals surface area contributed by atoms with Crippen molar-refractivity contribution < 1.29 is 14.5 Å². The van der Waals surface area contributed by atoms with Crippen LogP contribution in [0.4, 0.5) is 5.69 Å². The third kappa shape index (κ3) is 4.32. The summed E-state index contributed by atoms with van der Waals surface area (Å²) in [4.78, 5) is 39.3. The largest absolute Gasteiger partial charge is 0.459 e. The highest BCUT2D eigenvalue weighted by atomic mass is 32.2. The number of carbonyl (C=O) groups is 1. The summed E-state index contributed by atoms with van der Waals surface area (Å²) in [6.07, 6.45) is 0. The number of carbonyl (C=O) groups excluding carboxylic acids is 1. The summed E-state index contributed by atoms with van der Waals surface area (Å²) in [5, 5.41) is 11.0. The Morgan fingerprint density at radius 3 is 2.81 bits per heavy atom. The molecule has 0 aliphatic carbocycles. The average Bonchev–Trinajstić information content (AvgIpc) is 2.64. The van der Waals surface area contributed by atoms with E-state index in [4.69, 9.17) is 4.74 Å². The van der Waals surface area contributed by atoms with Gasteiger partial charge in [-0.2, -0.15) is 0 Å². The van der Waals surface area contributed by atoms with Crippen LogP contribution in [0, 0.1) is 17.0 Å². The number of para-hydroxylation sites is 1. The van der Waals surface area contributed by atoms with Crippen molar-refractivity contribution in [3.63, 3.8) is 0 Å². The molecule has 0 saturated heterocycles. The molecule has 27 heavy (non-hydrogen) atoms. The number of hydrogen-bond donors (Lipinski definition) is 0. The normalized spacial score (nSPS) is 10.7. The van der Waals surface area contributed by atoms with Gasteiger partial charge in [0, 0.05) is 17.8 Å². The molecule has 0 bridgehead atoms. The Labute approximate surface area is 158 Å². The number of ether oxygens (including phenoxy) is 1. The molecule has 1 aromatic carbocycles. The second kappa shape index (κ2) is 8.00. The van der Waals surface area contributed by atoms with Crippen LogP contribution >= 0.6 is 11.8 Å². The molecule has 3 aromatic rings. The third-order valence-electron chi connectivity index (χ3n) is 3.72.